The average Bonchev–Trinajstić information content (AvgIpc) is 2.48. The molecule has 0 bridgehead atoms. The van der Waals surface area contributed by atoms with E-state index in [1.165, 1.54) is 31.5 Å². The van der Waals surface area contributed by atoms with Gasteiger partial charge < -0.3 is 14.6 Å². The van der Waals surface area contributed by atoms with Crippen LogP contribution in [-0.2, 0) is 0 Å². The van der Waals surface area contributed by atoms with E-state index in [1.807, 2.05) is 6.07 Å². The number of benzene rings is 1. The largest absolute Gasteiger partial charge is 0.493 e. The number of carboxylic acid groups (broad SMARTS) is 1. The fourth-order valence-corrected chi connectivity index (χ4v) is 1.54. The third-order valence-corrected chi connectivity index (χ3v) is 2.47. The van der Waals surface area contributed by atoms with Crippen LogP contribution in [0.2, 0.25) is 0 Å². The third-order valence-electron chi connectivity index (χ3n) is 2.47. The molecule has 100 valence electrons. The Morgan fingerprint density at radius 3 is 2.75 bits per heavy atom. The number of pyridine rings is 1. The maximum atomic E-state index is 10.8. The molecule has 20 heavy (non-hydrogen) atoms. The summed E-state index contributed by atoms with van der Waals surface area (Å²) in [6.07, 6.45) is 1.34. The van der Waals surface area contributed by atoms with Crippen molar-refractivity contribution >= 4 is 5.97 Å². The highest BCUT2D eigenvalue weighted by Crippen LogP contribution is 2.32. The van der Waals surface area contributed by atoms with Crippen LogP contribution >= 0.6 is 0 Å². The van der Waals surface area contributed by atoms with E-state index in [-0.39, 0.29) is 5.69 Å². The van der Waals surface area contributed by atoms with Gasteiger partial charge in [-0.3, -0.25) is 0 Å². The molecule has 0 saturated heterocycles. The first-order valence-corrected chi connectivity index (χ1v) is 5.59. The first-order valence-electron chi connectivity index (χ1n) is 5.59. The van der Waals surface area contributed by atoms with Crippen molar-refractivity contribution in [3.8, 4) is 23.3 Å². The van der Waals surface area contributed by atoms with E-state index in [1.54, 1.807) is 12.1 Å². The Hall–Kier alpha value is -3.07. The molecule has 0 atom stereocenters. The summed E-state index contributed by atoms with van der Waals surface area (Å²) in [5.74, 6) is -0.0468. The molecule has 2 aromatic rings. The molecule has 1 aromatic heterocycles. The number of nitrogens with zero attached hydrogens (tertiary/aromatic N) is 2. The Balaban J connectivity index is 2.32. The van der Waals surface area contributed by atoms with Gasteiger partial charge >= 0.3 is 5.97 Å². The lowest BCUT2D eigenvalue weighted by Gasteiger charge is -2.10. The van der Waals surface area contributed by atoms with Crippen LogP contribution in [0.1, 0.15) is 16.1 Å². The number of ether oxygens (including phenoxy) is 2. The van der Waals surface area contributed by atoms with Crippen molar-refractivity contribution in [1.82, 2.24) is 4.98 Å². The molecule has 0 radical (unpaired) electrons. The van der Waals surface area contributed by atoms with E-state index in [9.17, 15) is 4.79 Å². The van der Waals surface area contributed by atoms with Gasteiger partial charge in [0.1, 0.15) is 5.75 Å². The Kier molecular flexibility index (Phi) is 3.82. The Labute approximate surface area is 114 Å². The minimum atomic E-state index is -1.14. The molecule has 0 amide bonds. The molecule has 0 unspecified atom stereocenters. The maximum Gasteiger partial charge on any atom is 0.354 e. The second-order valence-corrected chi connectivity index (χ2v) is 3.76. The normalized spacial score (nSPS) is 9.60. The smallest absolute Gasteiger partial charge is 0.354 e. The molecule has 0 aliphatic rings. The van der Waals surface area contributed by atoms with Gasteiger partial charge in [0.25, 0.3) is 0 Å². The fourth-order valence-electron chi connectivity index (χ4n) is 1.54. The van der Waals surface area contributed by atoms with E-state index in [0.717, 1.165) is 0 Å². The SMILES string of the molecule is COc1cc(C#N)ccc1Oc1ccnc(C(=O)O)c1. The molecule has 2 rings (SSSR count). The highest BCUT2D eigenvalue weighted by atomic mass is 16.5. The number of aromatic nitrogens is 1. The van der Waals surface area contributed by atoms with Crippen LogP contribution in [0.15, 0.2) is 36.5 Å². The predicted molar refractivity (Wildman–Crippen MR) is 69.0 cm³/mol. The van der Waals surface area contributed by atoms with E-state index in [0.29, 0.717) is 22.8 Å². The van der Waals surface area contributed by atoms with Gasteiger partial charge in [-0.05, 0) is 18.2 Å². The van der Waals surface area contributed by atoms with Gasteiger partial charge in [-0.25, -0.2) is 9.78 Å². The van der Waals surface area contributed by atoms with Gasteiger partial charge in [-0.15, -0.1) is 0 Å². The zero-order chi connectivity index (χ0) is 14.5. The monoisotopic (exact) mass is 270 g/mol. The standard InChI is InChI=1S/C14H10N2O4/c1-19-13-6-9(8-15)2-3-12(13)20-10-4-5-16-11(7-10)14(17)18/h2-7H,1H3,(H,17,18). The van der Waals surface area contributed by atoms with Gasteiger partial charge in [0, 0.05) is 18.3 Å². The van der Waals surface area contributed by atoms with Crippen molar-refractivity contribution in [1.29, 1.82) is 5.26 Å². The summed E-state index contributed by atoms with van der Waals surface area (Å²) < 4.78 is 10.7. The first-order chi connectivity index (χ1) is 9.63. The van der Waals surface area contributed by atoms with Crippen LogP contribution in [0, 0.1) is 11.3 Å². The summed E-state index contributed by atoms with van der Waals surface area (Å²) in [7, 11) is 1.46. The second-order valence-electron chi connectivity index (χ2n) is 3.76. The number of carbonyl (C=O) groups is 1. The van der Waals surface area contributed by atoms with E-state index < -0.39 is 5.97 Å². The molecule has 0 spiro atoms. The number of hydrogen-bond acceptors (Lipinski definition) is 5. The topological polar surface area (TPSA) is 92.4 Å². The summed E-state index contributed by atoms with van der Waals surface area (Å²) >= 11 is 0. The van der Waals surface area contributed by atoms with Gasteiger partial charge in [0.05, 0.1) is 18.7 Å². The van der Waals surface area contributed by atoms with Gasteiger partial charge in [-0.2, -0.15) is 5.26 Å². The average molecular weight is 270 g/mol. The minimum Gasteiger partial charge on any atom is -0.493 e. The van der Waals surface area contributed by atoms with E-state index in [2.05, 4.69) is 4.98 Å². The number of nitriles is 1. The molecule has 0 fully saturated rings. The van der Waals surface area contributed by atoms with Crippen LogP contribution in [0.5, 0.6) is 17.2 Å². The molecule has 6 nitrogen and oxygen atoms in total. The lowest BCUT2D eigenvalue weighted by atomic mass is 10.2. The number of rotatable bonds is 4. The summed E-state index contributed by atoms with van der Waals surface area (Å²) in [5.41, 5.74) is 0.324. The van der Waals surface area contributed by atoms with Crippen molar-refractivity contribution in [2.45, 2.75) is 0 Å². The first kappa shape index (κ1) is 13.4. The summed E-state index contributed by atoms with van der Waals surface area (Å²) in [6, 6.07) is 9.53. The minimum absolute atomic E-state index is 0.116. The van der Waals surface area contributed by atoms with Crippen molar-refractivity contribution in [2.75, 3.05) is 7.11 Å². The number of carboxylic acids is 1. The van der Waals surface area contributed by atoms with Crippen molar-refractivity contribution in [2.24, 2.45) is 0 Å². The van der Waals surface area contributed by atoms with Crippen molar-refractivity contribution in [3.63, 3.8) is 0 Å². The molecule has 0 aliphatic heterocycles. The molecular weight excluding hydrogens is 260 g/mol. The Morgan fingerprint density at radius 1 is 1.30 bits per heavy atom. The Morgan fingerprint density at radius 2 is 2.10 bits per heavy atom. The third kappa shape index (κ3) is 2.84. The zero-order valence-corrected chi connectivity index (χ0v) is 10.5. The zero-order valence-electron chi connectivity index (χ0n) is 10.5. The van der Waals surface area contributed by atoms with Gasteiger partial charge in [-0.1, -0.05) is 0 Å². The van der Waals surface area contributed by atoms with Crippen LogP contribution in [-0.4, -0.2) is 23.2 Å². The van der Waals surface area contributed by atoms with E-state index in [4.69, 9.17) is 19.8 Å². The Bertz CT molecular complexity index is 692. The van der Waals surface area contributed by atoms with Crippen molar-refractivity contribution in [3.05, 3.63) is 47.8 Å². The fraction of sp³-hybridized carbons (Fsp3) is 0.0714. The molecule has 1 aromatic carbocycles. The highest BCUT2D eigenvalue weighted by molar-refractivity contribution is 5.85. The summed E-state index contributed by atoms with van der Waals surface area (Å²) in [4.78, 5) is 14.5. The van der Waals surface area contributed by atoms with Gasteiger partial charge in [0.15, 0.2) is 17.2 Å². The molecular formula is C14H10N2O4. The lowest BCUT2D eigenvalue weighted by Crippen LogP contribution is -2.00. The molecule has 6 heteroatoms. The van der Waals surface area contributed by atoms with Crippen molar-refractivity contribution < 1.29 is 19.4 Å². The number of aromatic carboxylic acids is 1. The summed E-state index contributed by atoms with van der Waals surface area (Å²) in [6.45, 7) is 0. The van der Waals surface area contributed by atoms with Crippen LogP contribution in [0.4, 0.5) is 0 Å². The lowest BCUT2D eigenvalue weighted by molar-refractivity contribution is 0.0690. The molecule has 1 heterocycles. The van der Waals surface area contributed by atoms with Crippen LogP contribution in [0.25, 0.3) is 0 Å². The van der Waals surface area contributed by atoms with E-state index >= 15 is 0 Å². The molecule has 0 saturated carbocycles. The highest BCUT2D eigenvalue weighted by Gasteiger charge is 2.10. The van der Waals surface area contributed by atoms with Crippen LogP contribution < -0.4 is 9.47 Å². The number of hydrogen-bond donors (Lipinski definition) is 1. The van der Waals surface area contributed by atoms with Gasteiger partial charge in [0.2, 0.25) is 0 Å². The maximum absolute atomic E-state index is 10.8. The number of methoxy groups -OCH3 is 1. The van der Waals surface area contributed by atoms with Crippen LogP contribution in [0.3, 0.4) is 0 Å². The molecule has 1 N–H and O–H groups in total. The quantitative estimate of drug-likeness (QED) is 0.917. The second kappa shape index (κ2) is 5.71. The predicted octanol–water partition coefficient (Wildman–Crippen LogP) is 2.45. The molecule has 0 aliphatic carbocycles. The summed E-state index contributed by atoms with van der Waals surface area (Å²) in [5, 5.41) is 17.7.